The Balaban J connectivity index is 1.64. The standard InChI is InChI=1S/C21H30ClN5O/c1-21(2,3)19-7-8-20(28)27(25-19)13-12-26-11-5-4-6-16(26)14-24-18-9-10-23-15-17(18)22/h7-10,15-16H,4-6,11-14H2,1-3H3,(H,23,24). The third-order valence-electron chi connectivity index (χ3n) is 5.28. The zero-order chi connectivity index (χ0) is 20.1. The normalized spacial score (nSPS) is 18.2. The average molecular weight is 404 g/mol. The molecule has 1 aliphatic rings. The highest BCUT2D eigenvalue weighted by Gasteiger charge is 2.23. The van der Waals surface area contributed by atoms with Crippen LogP contribution in [0.3, 0.4) is 0 Å². The van der Waals surface area contributed by atoms with Gasteiger partial charge in [0.05, 0.1) is 22.9 Å². The first-order valence-electron chi connectivity index (χ1n) is 10.0. The zero-order valence-corrected chi connectivity index (χ0v) is 17.7. The summed E-state index contributed by atoms with van der Waals surface area (Å²) in [5, 5.41) is 8.69. The van der Waals surface area contributed by atoms with Crippen LogP contribution in [-0.4, -0.2) is 45.3 Å². The number of aromatic nitrogens is 3. The van der Waals surface area contributed by atoms with Crippen LogP contribution in [0.15, 0.2) is 35.4 Å². The van der Waals surface area contributed by atoms with Crippen LogP contribution in [0.1, 0.15) is 45.7 Å². The number of nitrogens with zero attached hydrogens (tertiary/aromatic N) is 4. The minimum Gasteiger partial charge on any atom is -0.382 e. The van der Waals surface area contributed by atoms with E-state index >= 15 is 0 Å². The number of pyridine rings is 1. The van der Waals surface area contributed by atoms with Crippen molar-refractivity contribution in [3.05, 3.63) is 51.7 Å². The molecule has 6 nitrogen and oxygen atoms in total. The van der Waals surface area contributed by atoms with E-state index in [-0.39, 0.29) is 11.0 Å². The Morgan fingerprint density at radius 2 is 2.04 bits per heavy atom. The first kappa shape index (κ1) is 20.8. The Morgan fingerprint density at radius 1 is 1.21 bits per heavy atom. The van der Waals surface area contributed by atoms with Crippen molar-refractivity contribution in [2.75, 3.05) is 25.0 Å². The maximum absolute atomic E-state index is 12.2. The number of likely N-dealkylation sites (tertiary alicyclic amines) is 1. The molecule has 0 radical (unpaired) electrons. The topological polar surface area (TPSA) is 63.1 Å². The fraction of sp³-hybridized carbons (Fsp3) is 0.571. The lowest BCUT2D eigenvalue weighted by molar-refractivity contribution is 0.147. The van der Waals surface area contributed by atoms with Gasteiger partial charge >= 0.3 is 0 Å². The molecule has 0 aliphatic carbocycles. The van der Waals surface area contributed by atoms with Crippen molar-refractivity contribution in [3.8, 4) is 0 Å². The van der Waals surface area contributed by atoms with Gasteiger partial charge in [-0.1, -0.05) is 38.8 Å². The third kappa shape index (κ3) is 5.32. The maximum Gasteiger partial charge on any atom is 0.266 e. The largest absolute Gasteiger partial charge is 0.382 e. The molecule has 152 valence electrons. The summed E-state index contributed by atoms with van der Waals surface area (Å²) in [7, 11) is 0. The summed E-state index contributed by atoms with van der Waals surface area (Å²) in [5.41, 5.74) is 1.74. The molecule has 1 N–H and O–H groups in total. The molecule has 1 aliphatic heterocycles. The van der Waals surface area contributed by atoms with Crippen LogP contribution in [0.5, 0.6) is 0 Å². The van der Waals surface area contributed by atoms with E-state index in [4.69, 9.17) is 11.6 Å². The lowest BCUT2D eigenvalue weighted by Crippen LogP contribution is -2.45. The Hall–Kier alpha value is -1.92. The van der Waals surface area contributed by atoms with Crippen LogP contribution in [0.4, 0.5) is 5.69 Å². The maximum atomic E-state index is 12.2. The van der Waals surface area contributed by atoms with Gasteiger partial charge in [-0.15, -0.1) is 0 Å². The predicted molar refractivity (Wildman–Crippen MR) is 114 cm³/mol. The number of hydrogen-bond donors (Lipinski definition) is 1. The van der Waals surface area contributed by atoms with Gasteiger partial charge < -0.3 is 5.32 Å². The molecular formula is C21H30ClN5O. The summed E-state index contributed by atoms with van der Waals surface area (Å²) >= 11 is 6.20. The molecule has 2 aromatic rings. The molecular weight excluding hydrogens is 374 g/mol. The van der Waals surface area contributed by atoms with E-state index in [0.717, 1.165) is 37.4 Å². The molecule has 1 atom stereocenters. The summed E-state index contributed by atoms with van der Waals surface area (Å²) in [6, 6.07) is 5.79. The molecule has 1 unspecified atom stereocenters. The highest BCUT2D eigenvalue weighted by molar-refractivity contribution is 6.33. The lowest BCUT2D eigenvalue weighted by atomic mass is 9.92. The van der Waals surface area contributed by atoms with Crippen molar-refractivity contribution in [1.82, 2.24) is 19.7 Å². The van der Waals surface area contributed by atoms with Crippen molar-refractivity contribution in [1.29, 1.82) is 0 Å². The summed E-state index contributed by atoms with van der Waals surface area (Å²) in [6.45, 7) is 9.63. The van der Waals surface area contributed by atoms with E-state index in [1.807, 2.05) is 12.1 Å². The molecule has 7 heteroatoms. The summed E-state index contributed by atoms with van der Waals surface area (Å²) in [5.74, 6) is 0. The van der Waals surface area contributed by atoms with E-state index in [9.17, 15) is 4.79 Å². The molecule has 0 bridgehead atoms. The Morgan fingerprint density at radius 3 is 2.79 bits per heavy atom. The van der Waals surface area contributed by atoms with Crippen LogP contribution in [0.25, 0.3) is 0 Å². The average Bonchev–Trinajstić information content (AvgIpc) is 2.66. The number of nitrogens with one attached hydrogen (secondary N) is 1. The van der Waals surface area contributed by atoms with E-state index in [2.05, 4.69) is 41.1 Å². The van der Waals surface area contributed by atoms with Crippen LogP contribution < -0.4 is 10.9 Å². The molecule has 1 saturated heterocycles. The van der Waals surface area contributed by atoms with E-state index in [1.165, 1.54) is 12.8 Å². The monoisotopic (exact) mass is 403 g/mol. The summed E-state index contributed by atoms with van der Waals surface area (Å²) in [6.07, 6.45) is 6.96. The van der Waals surface area contributed by atoms with Crippen LogP contribution >= 0.6 is 11.6 Å². The molecule has 0 amide bonds. The van der Waals surface area contributed by atoms with Crippen molar-refractivity contribution in [2.24, 2.45) is 0 Å². The Labute approximate surface area is 171 Å². The second kappa shape index (κ2) is 9.05. The second-order valence-corrected chi connectivity index (χ2v) is 8.86. The van der Waals surface area contributed by atoms with E-state index < -0.39 is 0 Å². The van der Waals surface area contributed by atoms with Crippen LogP contribution in [0, 0.1) is 0 Å². The van der Waals surface area contributed by atoms with Crippen LogP contribution in [-0.2, 0) is 12.0 Å². The second-order valence-electron chi connectivity index (χ2n) is 8.45. The first-order chi connectivity index (χ1) is 13.3. The Kier molecular flexibility index (Phi) is 6.73. The summed E-state index contributed by atoms with van der Waals surface area (Å²) < 4.78 is 1.61. The van der Waals surface area contributed by atoms with Gasteiger partial charge in [0.1, 0.15) is 0 Å². The minimum atomic E-state index is -0.0726. The molecule has 0 aromatic carbocycles. The molecule has 3 rings (SSSR count). The molecule has 2 aromatic heterocycles. The van der Waals surface area contributed by atoms with Gasteiger partial charge in [0.2, 0.25) is 0 Å². The minimum absolute atomic E-state index is 0.0387. The molecule has 28 heavy (non-hydrogen) atoms. The van der Waals surface area contributed by atoms with Crippen molar-refractivity contribution < 1.29 is 0 Å². The zero-order valence-electron chi connectivity index (χ0n) is 17.0. The first-order valence-corrected chi connectivity index (χ1v) is 10.4. The summed E-state index contributed by atoms with van der Waals surface area (Å²) in [4.78, 5) is 18.7. The predicted octanol–water partition coefficient (Wildman–Crippen LogP) is 3.56. The quantitative estimate of drug-likeness (QED) is 0.799. The smallest absolute Gasteiger partial charge is 0.266 e. The number of halogens is 1. The lowest BCUT2D eigenvalue weighted by Gasteiger charge is -2.36. The van der Waals surface area contributed by atoms with Crippen molar-refractivity contribution in [3.63, 3.8) is 0 Å². The van der Waals surface area contributed by atoms with Gasteiger partial charge in [-0.3, -0.25) is 14.7 Å². The van der Waals surface area contributed by atoms with Gasteiger partial charge in [-0.2, -0.15) is 5.10 Å². The van der Waals surface area contributed by atoms with E-state index in [1.54, 1.807) is 23.1 Å². The fourth-order valence-corrected chi connectivity index (χ4v) is 3.75. The number of rotatable bonds is 6. The van der Waals surface area contributed by atoms with Gasteiger partial charge in [-0.25, -0.2) is 4.68 Å². The van der Waals surface area contributed by atoms with E-state index in [0.29, 0.717) is 17.6 Å². The Bertz CT molecular complexity index is 845. The number of anilines is 1. The number of hydrogen-bond acceptors (Lipinski definition) is 5. The fourth-order valence-electron chi connectivity index (χ4n) is 3.56. The molecule has 3 heterocycles. The molecule has 0 spiro atoms. The van der Waals surface area contributed by atoms with Gasteiger partial charge in [-0.05, 0) is 31.5 Å². The third-order valence-corrected chi connectivity index (χ3v) is 5.58. The van der Waals surface area contributed by atoms with Gasteiger partial charge in [0.25, 0.3) is 5.56 Å². The van der Waals surface area contributed by atoms with Crippen molar-refractivity contribution in [2.45, 2.75) is 58.0 Å². The molecule has 1 fully saturated rings. The van der Waals surface area contributed by atoms with Gasteiger partial charge in [0.15, 0.2) is 0 Å². The molecule has 0 saturated carbocycles. The van der Waals surface area contributed by atoms with Crippen LogP contribution in [0.2, 0.25) is 5.02 Å². The SMILES string of the molecule is CC(C)(C)c1ccc(=O)n(CCN2CCCCC2CNc2ccncc2Cl)n1. The number of piperidine rings is 1. The van der Waals surface area contributed by atoms with Crippen molar-refractivity contribution >= 4 is 17.3 Å². The highest BCUT2D eigenvalue weighted by atomic mass is 35.5. The van der Waals surface area contributed by atoms with Gasteiger partial charge in [0, 0.05) is 43.0 Å². The highest BCUT2D eigenvalue weighted by Crippen LogP contribution is 2.22.